The van der Waals surface area contributed by atoms with Crippen LogP contribution in [0.1, 0.15) is 48.0 Å². The first-order chi connectivity index (χ1) is 21.3. The van der Waals surface area contributed by atoms with Gasteiger partial charge in [-0.05, 0) is 81.6 Å². The summed E-state index contributed by atoms with van der Waals surface area (Å²) in [5, 5.41) is 13.8. The Morgan fingerprint density at radius 3 is 1.93 bits per heavy atom. The van der Waals surface area contributed by atoms with Gasteiger partial charge in [0.1, 0.15) is 23.2 Å². The van der Waals surface area contributed by atoms with Crippen LogP contribution in [0.4, 0.5) is 13.2 Å². The zero-order valence-corrected chi connectivity index (χ0v) is 24.9. The Hall–Kier alpha value is -5.18. The number of alkyl halides is 3. The number of benzene rings is 4. The van der Waals surface area contributed by atoms with Crippen LogP contribution in [0.3, 0.4) is 0 Å². The number of carbonyl (C=O) groups excluding carboxylic acids is 1. The highest BCUT2D eigenvalue weighted by Crippen LogP contribution is 2.32. The van der Waals surface area contributed by atoms with E-state index < -0.39 is 29.7 Å². The van der Waals surface area contributed by atoms with Gasteiger partial charge in [0.2, 0.25) is 0 Å². The Balaban J connectivity index is 1.26. The number of aromatic nitrogens is 1. The molecule has 0 aliphatic rings. The molecule has 0 unspecified atom stereocenters. The normalized spacial score (nSPS) is 12.5. The number of nitrogens with zero attached hydrogens (tertiary/aromatic N) is 1. The number of carboxylic acid groups (broad SMARTS) is 1. The molecule has 0 aliphatic heterocycles. The van der Waals surface area contributed by atoms with E-state index in [9.17, 15) is 27.9 Å². The van der Waals surface area contributed by atoms with Crippen molar-refractivity contribution in [3.05, 3.63) is 126 Å². The van der Waals surface area contributed by atoms with Crippen molar-refractivity contribution in [3.8, 4) is 22.6 Å². The van der Waals surface area contributed by atoms with Crippen molar-refractivity contribution >= 4 is 22.6 Å². The van der Waals surface area contributed by atoms with Gasteiger partial charge in [-0.15, -0.1) is 0 Å². The number of ether oxygens (including phenoxy) is 1. The van der Waals surface area contributed by atoms with Gasteiger partial charge in [-0.1, -0.05) is 69.3 Å². The number of carbonyl (C=O) groups is 2. The number of carboxylic acids is 1. The number of amides is 1. The predicted octanol–water partition coefficient (Wildman–Crippen LogP) is 8.44. The Morgan fingerprint density at radius 2 is 1.36 bits per heavy atom. The van der Waals surface area contributed by atoms with Gasteiger partial charge in [-0.3, -0.25) is 9.78 Å². The van der Waals surface area contributed by atoms with Gasteiger partial charge in [0.25, 0.3) is 5.91 Å². The molecule has 1 atom stereocenters. The third kappa shape index (κ3) is 7.67. The number of aliphatic carboxylic acids is 1. The molecule has 4 aromatic carbocycles. The second kappa shape index (κ2) is 12.4. The average Bonchev–Trinajstić information content (AvgIpc) is 3.00. The maximum absolute atomic E-state index is 13.1. The molecule has 0 bridgehead atoms. The highest BCUT2D eigenvalue weighted by molar-refractivity contribution is 5.98. The van der Waals surface area contributed by atoms with E-state index in [2.05, 4.69) is 31.1 Å². The molecule has 0 fully saturated rings. The third-order valence-corrected chi connectivity index (χ3v) is 7.42. The second-order valence-corrected chi connectivity index (χ2v) is 11.8. The van der Waals surface area contributed by atoms with Crippen LogP contribution in [0.15, 0.2) is 103 Å². The van der Waals surface area contributed by atoms with Crippen LogP contribution < -0.4 is 10.1 Å². The molecule has 1 heterocycles. The van der Waals surface area contributed by atoms with E-state index in [0.29, 0.717) is 33.6 Å². The largest absolute Gasteiger partial charge is 0.480 e. The van der Waals surface area contributed by atoms with E-state index >= 15 is 0 Å². The number of fused-ring (bicyclic) bond motifs is 1. The maximum atomic E-state index is 13.1. The zero-order chi connectivity index (χ0) is 32.4. The molecule has 45 heavy (non-hydrogen) atoms. The zero-order valence-electron chi connectivity index (χ0n) is 24.9. The van der Waals surface area contributed by atoms with E-state index in [1.165, 1.54) is 17.7 Å². The van der Waals surface area contributed by atoms with E-state index in [-0.39, 0.29) is 17.5 Å². The van der Waals surface area contributed by atoms with Gasteiger partial charge in [0, 0.05) is 18.0 Å². The summed E-state index contributed by atoms with van der Waals surface area (Å²) in [6, 6.07) is 25.2. The minimum atomic E-state index is -4.42. The van der Waals surface area contributed by atoms with Crippen molar-refractivity contribution in [2.24, 2.45) is 0 Å². The first kappa shape index (κ1) is 31.3. The summed E-state index contributed by atoms with van der Waals surface area (Å²) < 4.78 is 44.6. The van der Waals surface area contributed by atoms with Crippen LogP contribution in [0, 0.1) is 0 Å². The predicted molar refractivity (Wildman–Crippen MR) is 166 cm³/mol. The average molecular weight is 613 g/mol. The number of rotatable bonds is 8. The van der Waals surface area contributed by atoms with Gasteiger partial charge in [-0.2, -0.15) is 13.2 Å². The van der Waals surface area contributed by atoms with Crippen molar-refractivity contribution in [2.75, 3.05) is 0 Å². The second-order valence-electron chi connectivity index (χ2n) is 11.8. The van der Waals surface area contributed by atoms with Crippen LogP contribution in [0.5, 0.6) is 11.5 Å². The SMILES string of the molecule is CC(C)(C)c1ccc(Oc2ccc3cnc(C(=O)N[C@@H](Cc4ccc(-c5ccc(C(F)(F)F)cc5)cc4)C(=O)O)cc3c2)cc1. The van der Waals surface area contributed by atoms with Crippen molar-refractivity contribution in [1.29, 1.82) is 0 Å². The standard InChI is InChI=1S/C36H31F3N2O4/c1-35(2,3)27-13-16-29(17-14-27)45-30-15-10-25-21-40-31(20-26(25)19-30)33(42)41-32(34(43)44)18-22-4-6-23(7-5-22)24-8-11-28(12-9-24)36(37,38)39/h4-17,19-21,32H,18H2,1-3H3,(H,41,42)(H,43,44)/t32-/m0/s1. The fraction of sp³-hybridized carbons (Fsp3) is 0.194. The Bertz CT molecular complexity index is 1830. The molecule has 0 saturated heterocycles. The lowest BCUT2D eigenvalue weighted by molar-refractivity contribution is -0.139. The minimum Gasteiger partial charge on any atom is -0.480 e. The van der Waals surface area contributed by atoms with Crippen molar-refractivity contribution in [1.82, 2.24) is 10.3 Å². The lowest BCUT2D eigenvalue weighted by Gasteiger charge is -2.19. The topological polar surface area (TPSA) is 88.5 Å². The summed E-state index contributed by atoms with van der Waals surface area (Å²) in [5.74, 6) is -0.614. The summed E-state index contributed by atoms with van der Waals surface area (Å²) >= 11 is 0. The molecule has 1 amide bonds. The lowest BCUT2D eigenvalue weighted by Crippen LogP contribution is -2.42. The smallest absolute Gasteiger partial charge is 0.416 e. The van der Waals surface area contributed by atoms with E-state index in [4.69, 9.17) is 4.74 Å². The number of nitrogens with one attached hydrogen (secondary N) is 1. The molecule has 6 nitrogen and oxygen atoms in total. The fourth-order valence-corrected chi connectivity index (χ4v) is 4.82. The number of hydrogen-bond acceptors (Lipinski definition) is 4. The molecule has 0 spiro atoms. The monoisotopic (exact) mass is 612 g/mol. The number of pyridine rings is 1. The van der Waals surface area contributed by atoms with E-state index in [0.717, 1.165) is 17.5 Å². The number of hydrogen-bond donors (Lipinski definition) is 2. The fourth-order valence-electron chi connectivity index (χ4n) is 4.82. The molecule has 0 aliphatic carbocycles. The summed E-state index contributed by atoms with van der Waals surface area (Å²) in [4.78, 5) is 29.3. The lowest BCUT2D eigenvalue weighted by atomic mass is 9.87. The molecule has 0 radical (unpaired) electrons. The molecule has 5 rings (SSSR count). The van der Waals surface area contributed by atoms with E-state index in [1.807, 2.05) is 36.4 Å². The molecule has 1 aromatic heterocycles. The quantitative estimate of drug-likeness (QED) is 0.184. The van der Waals surface area contributed by atoms with Crippen molar-refractivity contribution < 1.29 is 32.6 Å². The summed E-state index contributed by atoms with van der Waals surface area (Å²) in [7, 11) is 0. The molecule has 230 valence electrons. The molecule has 9 heteroatoms. The van der Waals surface area contributed by atoms with Crippen molar-refractivity contribution in [2.45, 2.75) is 44.8 Å². The number of halogens is 3. The van der Waals surface area contributed by atoms with Crippen LogP contribution >= 0.6 is 0 Å². The van der Waals surface area contributed by atoms with E-state index in [1.54, 1.807) is 42.6 Å². The summed E-state index contributed by atoms with van der Waals surface area (Å²) in [6.07, 6.45) is -2.88. The Labute approximate surface area is 258 Å². The van der Waals surface area contributed by atoms with Crippen molar-refractivity contribution in [3.63, 3.8) is 0 Å². The van der Waals surface area contributed by atoms with Gasteiger partial charge < -0.3 is 15.2 Å². The van der Waals surface area contributed by atoms with Gasteiger partial charge in [0.05, 0.1) is 5.56 Å². The van der Waals surface area contributed by atoms with Crippen LogP contribution in [-0.4, -0.2) is 28.0 Å². The third-order valence-electron chi connectivity index (χ3n) is 7.42. The van der Waals surface area contributed by atoms with Crippen LogP contribution in [0.25, 0.3) is 21.9 Å². The summed E-state index contributed by atoms with van der Waals surface area (Å²) in [6.45, 7) is 6.41. The minimum absolute atomic E-state index is 0.00601. The highest BCUT2D eigenvalue weighted by atomic mass is 19.4. The van der Waals surface area contributed by atoms with Crippen LogP contribution in [-0.2, 0) is 22.8 Å². The molecule has 0 saturated carbocycles. The first-order valence-corrected chi connectivity index (χ1v) is 14.2. The van der Waals surface area contributed by atoms with Gasteiger partial charge >= 0.3 is 12.1 Å². The highest BCUT2D eigenvalue weighted by Gasteiger charge is 2.30. The molecule has 5 aromatic rings. The maximum Gasteiger partial charge on any atom is 0.416 e. The Kier molecular flexibility index (Phi) is 8.64. The Morgan fingerprint density at radius 1 is 0.778 bits per heavy atom. The molecule has 2 N–H and O–H groups in total. The molecular weight excluding hydrogens is 581 g/mol. The van der Waals surface area contributed by atoms with Gasteiger partial charge in [-0.25, -0.2) is 4.79 Å². The van der Waals surface area contributed by atoms with Gasteiger partial charge in [0.15, 0.2) is 0 Å². The molecular formula is C36H31F3N2O4. The van der Waals surface area contributed by atoms with Crippen LogP contribution in [0.2, 0.25) is 0 Å². The summed E-state index contributed by atoms with van der Waals surface area (Å²) in [5.41, 5.74) is 2.42. The first-order valence-electron chi connectivity index (χ1n) is 14.2.